The first-order valence-corrected chi connectivity index (χ1v) is 5.57. The number of nitrogens with zero attached hydrogens (tertiary/aromatic N) is 1. The van der Waals surface area contributed by atoms with Crippen molar-refractivity contribution in [2.24, 2.45) is 17.3 Å². The first-order chi connectivity index (χ1) is 5.88. The van der Waals surface area contributed by atoms with Crippen LogP contribution in [0.5, 0.6) is 0 Å². The molecule has 0 aliphatic carbocycles. The Morgan fingerprint density at radius 2 is 1.92 bits per heavy atom. The maximum absolute atomic E-state index is 2.46. The minimum Gasteiger partial charge on any atom is -0.306 e. The molecule has 0 amide bonds. The maximum atomic E-state index is 2.46. The number of hydrogen-bond donors (Lipinski definition) is 0. The normalized spacial score (nSPS) is 32.1. The average Bonchev–Trinajstić information content (AvgIpc) is 1.93. The van der Waals surface area contributed by atoms with Crippen LogP contribution < -0.4 is 0 Å². The summed E-state index contributed by atoms with van der Waals surface area (Å²) in [6.07, 6.45) is 2.79. The Hall–Kier alpha value is -0.0400. The van der Waals surface area contributed by atoms with Gasteiger partial charge in [0.05, 0.1) is 0 Å². The SMILES string of the molecule is CC1CN(C)CCC1CC(C)(C)C. The van der Waals surface area contributed by atoms with Crippen LogP contribution >= 0.6 is 0 Å². The van der Waals surface area contributed by atoms with E-state index in [1.165, 1.54) is 25.9 Å². The molecule has 0 aromatic carbocycles. The van der Waals surface area contributed by atoms with E-state index in [9.17, 15) is 0 Å². The molecule has 0 N–H and O–H groups in total. The largest absolute Gasteiger partial charge is 0.306 e. The third-order valence-electron chi connectivity index (χ3n) is 3.16. The highest BCUT2D eigenvalue weighted by atomic mass is 15.1. The molecule has 0 spiro atoms. The second-order valence-electron chi connectivity index (χ2n) is 6.05. The zero-order chi connectivity index (χ0) is 10.1. The van der Waals surface area contributed by atoms with Crippen molar-refractivity contribution in [3.05, 3.63) is 0 Å². The van der Waals surface area contributed by atoms with Gasteiger partial charge in [-0.1, -0.05) is 27.7 Å². The summed E-state index contributed by atoms with van der Waals surface area (Å²) < 4.78 is 0. The average molecular weight is 183 g/mol. The van der Waals surface area contributed by atoms with Gasteiger partial charge in [0.15, 0.2) is 0 Å². The molecule has 1 aliphatic heterocycles. The third kappa shape index (κ3) is 3.68. The lowest BCUT2D eigenvalue weighted by atomic mass is 9.76. The monoisotopic (exact) mass is 183 g/mol. The quantitative estimate of drug-likeness (QED) is 0.604. The van der Waals surface area contributed by atoms with Crippen molar-refractivity contribution < 1.29 is 0 Å². The van der Waals surface area contributed by atoms with E-state index in [-0.39, 0.29) is 0 Å². The maximum Gasteiger partial charge on any atom is 0.000663 e. The van der Waals surface area contributed by atoms with E-state index in [0.29, 0.717) is 5.41 Å². The summed E-state index contributed by atoms with van der Waals surface area (Å²) in [7, 11) is 2.24. The second kappa shape index (κ2) is 4.00. The van der Waals surface area contributed by atoms with E-state index >= 15 is 0 Å². The van der Waals surface area contributed by atoms with Gasteiger partial charge >= 0.3 is 0 Å². The Morgan fingerprint density at radius 3 is 2.38 bits per heavy atom. The fourth-order valence-corrected chi connectivity index (χ4v) is 2.49. The van der Waals surface area contributed by atoms with Crippen molar-refractivity contribution in [2.75, 3.05) is 20.1 Å². The summed E-state index contributed by atoms with van der Waals surface area (Å²) in [5.74, 6) is 1.84. The van der Waals surface area contributed by atoms with Crippen LogP contribution in [0, 0.1) is 17.3 Å². The van der Waals surface area contributed by atoms with Crippen LogP contribution in [-0.2, 0) is 0 Å². The lowest BCUT2D eigenvalue weighted by Crippen LogP contribution is -2.38. The van der Waals surface area contributed by atoms with Crippen molar-refractivity contribution in [3.8, 4) is 0 Å². The van der Waals surface area contributed by atoms with Crippen LogP contribution in [0.2, 0.25) is 0 Å². The molecule has 0 aromatic heterocycles. The molecule has 0 aromatic rings. The van der Waals surface area contributed by atoms with Gasteiger partial charge in [-0.2, -0.15) is 0 Å². The number of rotatable bonds is 1. The van der Waals surface area contributed by atoms with Gasteiger partial charge in [0.25, 0.3) is 0 Å². The van der Waals surface area contributed by atoms with Crippen molar-refractivity contribution in [1.82, 2.24) is 4.90 Å². The summed E-state index contributed by atoms with van der Waals surface area (Å²) in [5, 5.41) is 0. The minimum atomic E-state index is 0.509. The van der Waals surface area contributed by atoms with Crippen LogP contribution in [0.1, 0.15) is 40.5 Å². The predicted octanol–water partition coefficient (Wildman–Crippen LogP) is 3.01. The molecule has 13 heavy (non-hydrogen) atoms. The van der Waals surface area contributed by atoms with E-state index in [0.717, 1.165) is 11.8 Å². The lowest BCUT2D eigenvalue weighted by molar-refractivity contribution is 0.119. The third-order valence-corrected chi connectivity index (χ3v) is 3.16. The van der Waals surface area contributed by atoms with Gasteiger partial charge in [-0.15, -0.1) is 0 Å². The molecule has 2 unspecified atom stereocenters. The Kier molecular flexibility index (Phi) is 3.39. The van der Waals surface area contributed by atoms with Crippen molar-refractivity contribution in [3.63, 3.8) is 0 Å². The summed E-state index contributed by atoms with van der Waals surface area (Å²) in [5.41, 5.74) is 0.509. The van der Waals surface area contributed by atoms with E-state index in [1.807, 2.05) is 0 Å². The van der Waals surface area contributed by atoms with Crippen molar-refractivity contribution >= 4 is 0 Å². The highest BCUT2D eigenvalue weighted by Crippen LogP contribution is 2.33. The highest BCUT2D eigenvalue weighted by Gasteiger charge is 2.27. The fraction of sp³-hybridized carbons (Fsp3) is 1.00. The first-order valence-electron chi connectivity index (χ1n) is 5.57. The number of likely N-dealkylation sites (tertiary alicyclic amines) is 1. The predicted molar refractivity (Wildman–Crippen MR) is 58.8 cm³/mol. The summed E-state index contributed by atoms with van der Waals surface area (Å²) in [6.45, 7) is 12.1. The van der Waals surface area contributed by atoms with Crippen molar-refractivity contribution in [1.29, 1.82) is 0 Å². The molecule has 2 atom stereocenters. The molecule has 1 nitrogen and oxygen atoms in total. The van der Waals surface area contributed by atoms with Gasteiger partial charge in [0.2, 0.25) is 0 Å². The molecule has 1 fully saturated rings. The molecule has 1 rings (SSSR count). The number of hydrogen-bond acceptors (Lipinski definition) is 1. The zero-order valence-corrected chi connectivity index (χ0v) is 9.93. The van der Waals surface area contributed by atoms with Crippen LogP contribution in [0.3, 0.4) is 0 Å². The van der Waals surface area contributed by atoms with Gasteiger partial charge in [-0.3, -0.25) is 0 Å². The Balaban J connectivity index is 2.43. The lowest BCUT2D eigenvalue weighted by Gasteiger charge is -2.38. The highest BCUT2D eigenvalue weighted by molar-refractivity contribution is 4.79. The molecule has 0 bridgehead atoms. The molecule has 1 saturated heterocycles. The van der Waals surface area contributed by atoms with E-state index in [2.05, 4.69) is 39.6 Å². The Bertz CT molecular complexity index is 157. The second-order valence-corrected chi connectivity index (χ2v) is 6.05. The number of piperidine rings is 1. The van der Waals surface area contributed by atoms with Gasteiger partial charge in [0.1, 0.15) is 0 Å². The summed E-state index contributed by atoms with van der Waals surface area (Å²) >= 11 is 0. The molecular weight excluding hydrogens is 158 g/mol. The van der Waals surface area contributed by atoms with Crippen LogP contribution in [0.4, 0.5) is 0 Å². The Morgan fingerprint density at radius 1 is 1.31 bits per heavy atom. The minimum absolute atomic E-state index is 0.509. The molecule has 1 aliphatic rings. The van der Waals surface area contributed by atoms with Crippen molar-refractivity contribution in [2.45, 2.75) is 40.5 Å². The van der Waals surface area contributed by atoms with Gasteiger partial charge in [-0.05, 0) is 43.7 Å². The smallest absolute Gasteiger partial charge is 0.000663 e. The standard InChI is InChI=1S/C12H25N/c1-10-9-13(5)7-6-11(10)8-12(2,3)4/h10-11H,6-9H2,1-5H3. The first kappa shape index (κ1) is 11.0. The van der Waals surface area contributed by atoms with Gasteiger partial charge in [-0.25, -0.2) is 0 Å². The fourth-order valence-electron chi connectivity index (χ4n) is 2.49. The molecule has 1 heteroatoms. The van der Waals surface area contributed by atoms with E-state index in [4.69, 9.17) is 0 Å². The van der Waals surface area contributed by atoms with E-state index in [1.54, 1.807) is 0 Å². The van der Waals surface area contributed by atoms with E-state index < -0.39 is 0 Å². The summed E-state index contributed by atoms with van der Waals surface area (Å²) in [6, 6.07) is 0. The van der Waals surface area contributed by atoms with Gasteiger partial charge in [0, 0.05) is 6.54 Å². The molecule has 0 radical (unpaired) electrons. The topological polar surface area (TPSA) is 3.24 Å². The van der Waals surface area contributed by atoms with Crippen LogP contribution in [0.25, 0.3) is 0 Å². The van der Waals surface area contributed by atoms with Crippen LogP contribution in [0.15, 0.2) is 0 Å². The molecule has 0 saturated carbocycles. The summed E-state index contributed by atoms with van der Waals surface area (Å²) in [4.78, 5) is 2.46. The zero-order valence-electron chi connectivity index (χ0n) is 9.93. The van der Waals surface area contributed by atoms with Crippen LogP contribution in [-0.4, -0.2) is 25.0 Å². The molecule has 1 heterocycles. The molecule has 78 valence electrons. The Labute approximate surface area is 83.5 Å². The van der Waals surface area contributed by atoms with Gasteiger partial charge < -0.3 is 4.90 Å². The molecular formula is C12H25N.